The molecule has 0 radical (unpaired) electrons. The normalized spacial score (nSPS) is 16.6. The predicted octanol–water partition coefficient (Wildman–Crippen LogP) is 1.75. The number of nitrogens with one attached hydrogen (secondary N) is 2. The van der Waals surface area contributed by atoms with Crippen LogP contribution < -0.4 is 20.1 Å². The van der Waals surface area contributed by atoms with Gasteiger partial charge in [0, 0.05) is 37.8 Å². The SMILES string of the molecule is COc1ccc(CN2CCNC(=O)C2CC(=O)NCCc2ccccc2)c(OC)c1. The third-order valence-corrected chi connectivity index (χ3v) is 5.27. The van der Waals surface area contributed by atoms with Crippen LogP contribution in [0, 0.1) is 0 Å². The number of piperazine rings is 1. The maximum atomic E-state index is 12.5. The van der Waals surface area contributed by atoms with Gasteiger partial charge in [0.05, 0.1) is 26.7 Å². The zero-order chi connectivity index (χ0) is 21.3. The van der Waals surface area contributed by atoms with Gasteiger partial charge in [0.2, 0.25) is 11.8 Å². The lowest BCUT2D eigenvalue weighted by Crippen LogP contribution is -2.56. The van der Waals surface area contributed by atoms with Gasteiger partial charge in [-0.25, -0.2) is 0 Å². The molecule has 0 bridgehead atoms. The lowest BCUT2D eigenvalue weighted by molar-refractivity contribution is -0.134. The number of hydrogen-bond donors (Lipinski definition) is 2. The van der Waals surface area contributed by atoms with E-state index in [-0.39, 0.29) is 18.2 Å². The minimum absolute atomic E-state index is 0.119. The second-order valence-electron chi connectivity index (χ2n) is 7.24. The van der Waals surface area contributed by atoms with E-state index in [0.29, 0.717) is 37.7 Å². The number of carbonyl (C=O) groups is 2. The summed E-state index contributed by atoms with van der Waals surface area (Å²) in [5, 5.41) is 5.80. The fourth-order valence-electron chi connectivity index (χ4n) is 3.61. The first-order chi connectivity index (χ1) is 14.6. The van der Waals surface area contributed by atoms with Gasteiger partial charge < -0.3 is 20.1 Å². The molecule has 2 aromatic carbocycles. The van der Waals surface area contributed by atoms with Crippen LogP contribution in [-0.4, -0.2) is 56.6 Å². The molecule has 0 saturated carbocycles. The van der Waals surface area contributed by atoms with Crippen LogP contribution >= 0.6 is 0 Å². The smallest absolute Gasteiger partial charge is 0.237 e. The summed E-state index contributed by atoms with van der Waals surface area (Å²) >= 11 is 0. The van der Waals surface area contributed by atoms with E-state index in [4.69, 9.17) is 9.47 Å². The first-order valence-electron chi connectivity index (χ1n) is 10.1. The fourth-order valence-corrected chi connectivity index (χ4v) is 3.61. The molecule has 2 amide bonds. The third-order valence-electron chi connectivity index (χ3n) is 5.27. The number of nitrogens with zero attached hydrogens (tertiary/aromatic N) is 1. The molecule has 1 heterocycles. The highest BCUT2D eigenvalue weighted by Gasteiger charge is 2.32. The van der Waals surface area contributed by atoms with Gasteiger partial charge in [0.25, 0.3) is 0 Å². The van der Waals surface area contributed by atoms with E-state index >= 15 is 0 Å². The highest BCUT2D eigenvalue weighted by molar-refractivity contribution is 5.88. The standard InChI is InChI=1S/C23H29N3O4/c1-29-19-9-8-18(21(14-19)30-2)16-26-13-12-25-23(28)20(26)15-22(27)24-11-10-17-6-4-3-5-7-17/h3-9,14,20H,10-13,15-16H2,1-2H3,(H,24,27)(H,25,28). The Labute approximate surface area is 177 Å². The number of ether oxygens (including phenoxy) is 2. The summed E-state index contributed by atoms with van der Waals surface area (Å²) in [6, 6.07) is 15.1. The molecule has 160 valence electrons. The van der Waals surface area contributed by atoms with Crippen LogP contribution in [0.15, 0.2) is 48.5 Å². The van der Waals surface area contributed by atoms with Crippen LogP contribution in [0.5, 0.6) is 11.5 Å². The summed E-state index contributed by atoms with van der Waals surface area (Å²) in [5.74, 6) is 1.17. The van der Waals surface area contributed by atoms with Crippen molar-refractivity contribution in [2.75, 3.05) is 33.9 Å². The van der Waals surface area contributed by atoms with Crippen LogP contribution in [0.3, 0.4) is 0 Å². The number of rotatable bonds is 9. The molecule has 1 aliphatic rings. The average Bonchev–Trinajstić information content (AvgIpc) is 2.77. The Balaban J connectivity index is 1.60. The number of hydrogen-bond acceptors (Lipinski definition) is 5. The third kappa shape index (κ3) is 5.73. The predicted molar refractivity (Wildman–Crippen MR) is 115 cm³/mol. The molecule has 30 heavy (non-hydrogen) atoms. The molecule has 1 atom stereocenters. The lowest BCUT2D eigenvalue weighted by atomic mass is 10.1. The first-order valence-corrected chi connectivity index (χ1v) is 10.1. The molecule has 0 aromatic heterocycles. The number of methoxy groups -OCH3 is 2. The number of amides is 2. The Bertz CT molecular complexity index is 857. The summed E-state index contributed by atoms with van der Waals surface area (Å²) in [5.41, 5.74) is 2.11. The van der Waals surface area contributed by atoms with Gasteiger partial charge in [-0.1, -0.05) is 36.4 Å². The van der Waals surface area contributed by atoms with Crippen molar-refractivity contribution >= 4 is 11.8 Å². The minimum Gasteiger partial charge on any atom is -0.497 e. The van der Waals surface area contributed by atoms with Crippen molar-refractivity contribution in [3.8, 4) is 11.5 Å². The molecule has 7 heteroatoms. The summed E-state index contributed by atoms with van der Waals surface area (Å²) in [6.07, 6.45) is 0.884. The van der Waals surface area contributed by atoms with E-state index < -0.39 is 6.04 Å². The highest BCUT2D eigenvalue weighted by atomic mass is 16.5. The Morgan fingerprint density at radius 2 is 1.97 bits per heavy atom. The molecule has 1 unspecified atom stereocenters. The molecule has 3 rings (SSSR count). The van der Waals surface area contributed by atoms with Crippen molar-refractivity contribution in [2.45, 2.75) is 25.4 Å². The van der Waals surface area contributed by atoms with Gasteiger partial charge >= 0.3 is 0 Å². The van der Waals surface area contributed by atoms with Crippen molar-refractivity contribution in [1.82, 2.24) is 15.5 Å². The van der Waals surface area contributed by atoms with Gasteiger partial charge in [-0.3, -0.25) is 14.5 Å². The lowest BCUT2D eigenvalue weighted by Gasteiger charge is -2.35. The fraction of sp³-hybridized carbons (Fsp3) is 0.391. The Kier molecular flexibility index (Phi) is 7.68. The summed E-state index contributed by atoms with van der Waals surface area (Å²) in [6.45, 7) is 2.29. The average molecular weight is 412 g/mol. The van der Waals surface area contributed by atoms with Crippen LogP contribution in [0.25, 0.3) is 0 Å². The maximum Gasteiger partial charge on any atom is 0.237 e. The molecule has 0 aliphatic carbocycles. The minimum atomic E-state index is -0.512. The van der Waals surface area contributed by atoms with Crippen molar-refractivity contribution in [1.29, 1.82) is 0 Å². The summed E-state index contributed by atoms with van der Waals surface area (Å²) in [7, 11) is 3.22. The maximum absolute atomic E-state index is 12.5. The van der Waals surface area contributed by atoms with Crippen LogP contribution in [0.1, 0.15) is 17.5 Å². The van der Waals surface area contributed by atoms with Gasteiger partial charge in [-0.2, -0.15) is 0 Å². The van der Waals surface area contributed by atoms with Crippen molar-refractivity contribution in [3.63, 3.8) is 0 Å². The van der Waals surface area contributed by atoms with E-state index in [9.17, 15) is 9.59 Å². The van der Waals surface area contributed by atoms with Crippen LogP contribution in [-0.2, 0) is 22.6 Å². The Morgan fingerprint density at radius 1 is 1.17 bits per heavy atom. The van der Waals surface area contributed by atoms with Crippen molar-refractivity contribution in [2.24, 2.45) is 0 Å². The summed E-state index contributed by atoms with van der Waals surface area (Å²) in [4.78, 5) is 27.0. The van der Waals surface area contributed by atoms with Gasteiger partial charge in [-0.05, 0) is 18.1 Å². The Morgan fingerprint density at radius 3 is 2.70 bits per heavy atom. The van der Waals surface area contributed by atoms with E-state index in [2.05, 4.69) is 10.6 Å². The van der Waals surface area contributed by atoms with E-state index in [1.165, 1.54) is 5.56 Å². The van der Waals surface area contributed by atoms with Gasteiger partial charge in [-0.15, -0.1) is 0 Å². The number of carbonyl (C=O) groups excluding carboxylic acids is 2. The molecule has 0 spiro atoms. The molecule has 1 aliphatic heterocycles. The topological polar surface area (TPSA) is 79.9 Å². The van der Waals surface area contributed by atoms with Gasteiger partial charge in [0.1, 0.15) is 11.5 Å². The largest absolute Gasteiger partial charge is 0.497 e. The van der Waals surface area contributed by atoms with Crippen molar-refractivity contribution < 1.29 is 19.1 Å². The highest BCUT2D eigenvalue weighted by Crippen LogP contribution is 2.27. The molecule has 7 nitrogen and oxygen atoms in total. The summed E-state index contributed by atoms with van der Waals surface area (Å²) < 4.78 is 10.7. The monoisotopic (exact) mass is 411 g/mol. The van der Waals surface area contributed by atoms with Crippen molar-refractivity contribution in [3.05, 3.63) is 59.7 Å². The second kappa shape index (κ2) is 10.6. The molecule has 1 saturated heterocycles. The Hall–Kier alpha value is -3.06. The van der Waals surface area contributed by atoms with Gasteiger partial charge in [0.15, 0.2) is 0 Å². The second-order valence-corrected chi connectivity index (χ2v) is 7.24. The number of benzene rings is 2. The van der Waals surface area contributed by atoms with E-state index in [1.807, 2.05) is 53.4 Å². The first kappa shape index (κ1) is 21.6. The molecule has 1 fully saturated rings. The quantitative estimate of drug-likeness (QED) is 0.657. The molecule has 2 aromatic rings. The molecular weight excluding hydrogens is 382 g/mol. The molecular formula is C23H29N3O4. The van der Waals surface area contributed by atoms with Crippen LogP contribution in [0.4, 0.5) is 0 Å². The van der Waals surface area contributed by atoms with E-state index in [0.717, 1.165) is 12.0 Å². The molecule has 2 N–H and O–H groups in total. The zero-order valence-corrected chi connectivity index (χ0v) is 17.5. The zero-order valence-electron chi connectivity index (χ0n) is 17.5. The van der Waals surface area contributed by atoms with E-state index in [1.54, 1.807) is 14.2 Å². The van der Waals surface area contributed by atoms with Crippen LogP contribution in [0.2, 0.25) is 0 Å².